The molecule has 0 unspecified atom stereocenters. The average Bonchev–Trinajstić information content (AvgIpc) is 2.74. The van der Waals surface area contributed by atoms with Gasteiger partial charge in [0.05, 0.1) is 0 Å². The van der Waals surface area contributed by atoms with Crippen molar-refractivity contribution in [2.45, 2.75) is 0 Å². The zero-order chi connectivity index (χ0) is 19.5. The maximum absolute atomic E-state index is 13.1. The lowest BCUT2D eigenvalue weighted by Crippen LogP contribution is -2.49. The molecule has 1 aliphatic heterocycles. The number of aromatic nitrogens is 2. The maximum Gasteiger partial charge on any atom is 0.264 e. The van der Waals surface area contributed by atoms with Crippen molar-refractivity contribution in [2.75, 3.05) is 31.1 Å². The molecule has 0 saturated carbocycles. The summed E-state index contributed by atoms with van der Waals surface area (Å²) in [6.07, 6.45) is 1.34. The van der Waals surface area contributed by atoms with Gasteiger partial charge in [-0.2, -0.15) is 0 Å². The summed E-state index contributed by atoms with van der Waals surface area (Å²) < 4.78 is 13.1. The molecule has 1 amide bonds. The molecule has 1 fully saturated rings. The number of H-pyrrole nitrogens is 1. The molecule has 0 radical (unpaired) electrons. The number of benzene rings is 2. The van der Waals surface area contributed by atoms with E-state index in [1.807, 2.05) is 30.3 Å². The van der Waals surface area contributed by atoms with Crippen molar-refractivity contribution in [3.8, 4) is 11.4 Å². The lowest BCUT2D eigenvalue weighted by Gasteiger charge is -2.36. The molecule has 0 aliphatic carbocycles. The Morgan fingerprint density at radius 2 is 1.64 bits per heavy atom. The molecule has 1 N–H and O–H groups in total. The number of rotatable bonds is 3. The highest BCUT2D eigenvalue weighted by Gasteiger charge is 2.24. The fourth-order valence-electron chi connectivity index (χ4n) is 3.28. The zero-order valence-corrected chi connectivity index (χ0v) is 15.1. The molecule has 3 aromatic rings. The van der Waals surface area contributed by atoms with Gasteiger partial charge in [-0.25, -0.2) is 9.37 Å². The Labute approximate surface area is 161 Å². The van der Waals surface area contributed by atoms with E-state index in [-0.39, 0.29) is 17.3 Å². The van der Waals surface area contributed by atoms with Crippen molar-refractivity contribution in [2.24, 2.45) is 0 Å². The van der Waals surface area contributed by atoms with Crippen LogP contribution in [0.5, 0.6) is 0 Å². The molecule has 1 saturated heterocycles. The molecular formula is C21H19FN4O2. The van der Waals surface area contributed by atoms with Crippen LogP contribution in [0.15, 0.2) is 65.6 Å². The molecule has 6 nitrogen and oxygen atoms in total. The monoisotopic (exact) mass is 378 g/mol. The predicted molar refractivity (Wildman–Crippen MR) is 105 cm³/mol. The minimum absolute atomic E-state index is 0.0370. The summed E-state index contributed by atoms with van der Waals surface area (Å²) in [5.74, 6) is -0.168. The molecule has 7 heteroatoms. The van der Waals surface area contributed by atoms with E-state index in [4.69, 9.17) is 0 Å². The number of nitrogens with zero attached hydrogens (tertiary/aromatic N) is 3. The van der Waals surface area contributed by atoms with Gasteiger partial charge in [0.25, 0.3) is 11.5 Å². The first-order valence-corrected chi connectivity index (χ1v) is 9.06. The molecule has 4 rings (SSSR count). The van der Waals surface area contributed by atoms with Crippen LogP contribution < -0.4 is 10.5 Å². The number of aromatic amines is 1. The van der Waals surface area contributed by atoms with Crippen LogP contribution in [0.3, 0.4) is 0 Å². The molecule has 0 bridgehead atoms. The van der Waals surface area contributed by atoms with Crippen molar-refractivity contribution < 1.29 is 9.18 Å². The molecule has 1 aromatic heterocycles. The minimum Gasteiger partial charge on any atom is -0.368 e. The second-order valence-corrected chi connectivity index (χ2v) is 6.60. The lowest BCUT2D eigenvalue weighted by molar-refractivity contribution is 0.0744. The Morgan fingerprint density at radius 3 is 2.29 bits per heavy atom. The normalized spacial score (nSPS) is 14.2. The summed E-state index contributed by atoms with van der Waals surface area (Å²) in [5.41, 5.74) is 1.29. The van der Waals surface area contributed by atoms with Gasteiger partial charge in [0.15, 0.2) is 0 Å². The first kappa shape index (κ1) is 17.9. The summed E-state index contributed by atoms with van der Waals surface area (Å²) in [6, 6.07) is 15.6. The van der Waals surface area contributed by atoms with Gasteiger partial charge in [-0.1, -0.05) is 30.3 Å². The highest BCUT2D eigenvalue weighted by atomic mass is 19.1. The fraction of sp³-hybridized carbons (Fsp3) is 0.190. The van der Waals surface area contributed by atoms with Crippen LogP contribution >= 0.6 is 0 Å². The smallest absolute Gasteiger partial charge is 0.264 e. The third kappa shape index (κ3) is 3.64. The van der Waals surface area contributed by atoms with Crippen molar-refractivity contribution in [1.29, 1.82) is 0 Å². The van der Waals surface area contributed by atoms with Crippen LogP contribution in [-0.2, 0) is 0 Å². The fourth-order valence-corrected chi connectivity index (χ4v) is 3.28. The molecule has 0 spiro atoms. The van der Waals surface area contributed by atoms with E-state index in [2.05, 4.69) is 14.9 Å². The van der Waals surface area contributed by atoms with Gasteiger partial charge in [-0.05, 0) is 24.3 Å². The van der Waals surface area contributed by atoms with Crippen LogP contribution in [0, 0.1) is 5.82 Å². The molecule has 142 valence electrons. The Balaban J connectivity index is 1.45. The number of halogens is 1. The molecule has 2 aromatic carbocycles. The van der Waals surface area contributed by atoms with Gasteiger partial charge in [-0.15, -0.1) is 0 Å². The Bertz CT molecular complexity index is 1030. The summed E-state index contributed by atoms with van der Waals surface area (Å²) in [6.45, 7) is 2.20. The van der Waals surface area contributed by atoms with Crippen molar-refractivity contribution in [3.63, 3.8) is 0 Å². The number of hydrogen-bond donors (Lipinski definition) is 1. The Hall–Kier alpha value is -3.48. The van der Waals surface area contributed by atoms with Crippen molar-refractivity contribution >= 4 is 11.6 Å². The van der Waals surface area contributed by atoms with Gasteiger partial charge in [0, 0.05) is 43.6 Å². The van der Waals surface area contributed by atoms with E-state index in [0.29, 0.717) is 32.0 Å². The van der Waals surface area contributed by atoms with E-state index >= 15 is 0 Å². The quantitative estimate of drug-likeness (QED) is 0.761. The topological polar surface area (TPSA) is 69.3 Å². The highest BCUT2D eigenvalue weighted by molar-refractivity contribution is 5.93. The number of hydrogen-bond acceptors (Lipinski definition) is 4. The van der Waals surface area contributed by atoms with Gasteiger partial charge >= 0.3 is 0 Å². The summed E-state index contributed by atoms with van der Waals surface area (Å²) >= 11 is 0. The average molecular weight is 378 g/mol. The Kier molecular flexibility index (Phi) is 4.89. The number of nitrogens with one attached hydrogen (secondary N) is 1. The third-order valence-electron chi connectivity index (χ3n) is 4.84. The second-order valence-electron chi connectivity index (χ2n) is 6.60. The van der Waals surface area contributed by atoms with Crippen molar-refractivity contribution in [1.82, 2.24) is 14.9 Å². The first-order valence-electron chi connectivity index (χ1n) is 9.06. The molecule has 1 aliphatic rings. The molecule has 28 heavy (non-hydrogen) atoms. The summed E-state index contributed by atoms with van der Waals surface area (Å²) in [5, 5.41) is 0. The third-order valence-corrected chi connectivity index (χ3v) is 4.84. The molecule has 2 heterocycles. The SMILES string of the molecule is O=C(c1cnc(-c2ccccc2)[nH]c1=O)N1CCN(c2ccc(F)cc2)CC1. The van der Waals surface area contributed by atoms with Crippen LogP contribution in [-0.4, -0.2) is 47.0 Å². The minimum atomic E-state index is -0.445. The second kappa shape index (κ2) is 7.64. The number of piperazine rings is 1. The van der Waals surface area contributed by atoms with Crippen molar-refractivity contribution in [3.05, 3.63) is 82.5 Å². The van der Waals surface area contributed by atoms with Crippen LogP contribution in [0.25, 0.3) is 11.4 Å². The standard InChI is InChI=1S/C21H19FN4O2/c22-16-6-8-17(9-7-16)25-10-12-26(13-11-25)21(28)18-14-23-19(24-20(18)27)15-4-2-1-3-5-15/h1-9,14H,10-13H2,(H,23,24,27). The summed E-state index contributed by atoms with van der Waals surface area (Å²) in [4.78, 5) is 35.9. The number of carbonyl (C=O) groups excluding carboxylic acids is 1. The molecular weight excluding hydrogens is 359 g/mol. The molecule has 0 atom stereocenters. The van der Waals surface area contributed by atoms with Crippen LogP contribution in [0.2, 0.25) is 0 Å². The van der Waals surface area contributed by atoms with E-state index in [1.165, 1.54) is 18.3 Å². The van der Waals surface area contributed by atoms with E-state index in [9.17, 15) is 14.0 Å². The van der Waals surface area contributed by atoms with E-state index in [0.717, 1.165) is 11.3 Å². The van der Waals surface area contributed by atoms with E-state index < -0.39 is 5.56 Å². The highest BCUT2D eigenvalue weighted by Crippen LogP contribution is 2.18. The van der Waals surface area contributed by atoms with Gasteiger partial charge in [0.2, 0.25) is 0 Å². The van der Waals surface area contributed by atoms with Gasteiger partial charge in [-0.3, -0.25) is 9.59 Å². The first-order chi connectivity index (χ1) is 13.6. The van der Waals surface area contributed by atoms with Crippen LogP contribution in [0.4, 0.5) is 10.1 Å². The van der Waals surface area contributed by atoms with E-state index in [1.54, 1.807) is 17.0 Å². The van der Waals surface area contributed by atoms with Gasteiger partial charge < -0.3 is 14.8 Å². The predicted octanol–water partition coefficient (Wildman–Crippen LogP) is 2.54. The zero-order valence-electron chi connectivity index (χ0n) is 15.1. The number of amides is 1. The number of anilines is 1. The lowest BCUT2D eigenvalue weighted by atomic mass is 10.2. The van der Waals surface area contributed by atoms with Crippen LogP contribution in [0.1, 0.15) is 10.4 Å². The maximum atomic E-state index is 13.1. The Morgan fingerprint density at radius 1 is 0.964 bits per heavy atom. The largest absolute Gasteiger partial charge is 0.368 e. The number of carbonyl (C=O) groups is 1. The van der Waals surface area contributed by atoms with Gasteiger partial charge in [0.1, 0.15) is 17.2 Å². The summed E-state index contributed by atoms with van der Waals surface area (Å²) in [7, 11) is 0.